The summed E-state index contributed by atoms with van der Waals surface area (Å²) in [7, 11) is -4.05. The molecule has 0 radical (unpaired) electrons. The zero-order chi connectivity index (χ0) is 21.7. The Morgan fingerprint density at radius 2 is 1.70 bits per heavy atom. The predicted molar refractivity (Wildman–Crippen MR) is 115 cm³/mol. The fourth-order valence-corrected chi connectivity index (χ4v) is 3.60. The van der Waals surface area contributed by atoms with E-state index in [2.05, 4.69) is 15.2 Å². The van der Waals surface area contributed by atoms with Crippen LogP contribution in [0.5, 0.6) is 5.75 Å². The molecule has 0 aromatic heterocycles. The van der Waals surface area contributed by atoms with Crippen LogP contribution < -0.4 is 10.1 Å². The van der Waals surface area contributed by atoms with E-state index in [1.807, 2.05) is 0 Å². The Balaban J connectivity index is 1.82. The first-order valence-electron chi connectivity index (χ1n) is 8.39. The van der Waals surface area contributed by atoms with Gasteiger partial charge in [0.15, 0.2) is 0 Å². The minimum atomic E-state index is -4.05. The van der Waals surface area contributed by atoms with E-state index >= 15 is 0 Å². The molecule has 0 unspecified atom stereocenters. The van der Waals surface area contributed by atoms with E-state index in [0.29, 0.717) is 10.6 Å². The standard InChI is InChI=1S/C19H15ClN4O5S/c20-14-3-5-15(6-4-14)23-30(28,29)17-9-10-18(19(11-17)24(26)27)22-21-12-13-1-7-16(25)8-2-13/h1-12,22-23,25H/b21-12-. The van der Waals surface area contributed by atoms with Crippen molar-refractivity contribution in [3.05, 3.63) is 87.4 Å². The molecule has 154 valence electrons. The summed E-state index contributed by atoms with van der Waals surface area (Å²) in [6.45, 7) is 0. The predicted octanol–water partition coefficient (Wildman–Crippen LogP) is 4.20. The monoisotopic (exact) mass is 446 g/mol. The fraction of sp³-hybridized carbons (Fsp3) is 0. The van der Waals surface area contributed by atoms with Crippen molar-refractivity contribution in [3.8, 4) is 5.75 Å². The van der Waals surface area contributed by atoms with Gasteiger partial charge in [-0.05, 0) is 66.2 Å². The first-order chi connectivity index (χ1) is 14.2. The number of nitro benzene ring substituents is 1. The van der Waals surface area contributed by atoms with E-state index in [9.17, 15) is 23.6 Å². The van der Waals surface area contributed by atoms with Crippen molar-refractivity contribution in [2.24, 2.45) is 5.10 Å². The Bertz CT molecular complexity index is 1200. The third-order valence-corrected chi connectivity index (χ3v) is 5.50. The van der Waals surface area contributed by atoms with Crippen molar-refractivity contribution >= 4 is 44.9 Å². The molecule has 0 saturated carbocycles. The summed E-state index contributed by atoms with van der Waals surface area (Å²) in [4.78, 5) is 10.4. The van der Waals surface area contributed by atoms with E-state index < -0.39 is 20.6 Å². The maximum atomic E-state index is 12.6. The summed E-state index contributed by atoms with van der Waals surface area (Å²) in [5.41, 5.74) is 2.99. The highest BCUT2D eigenvalue weighted by atomic mass is 35.5. The molecule has 3 aromatic rings. The maximum absolute atomic E-state index is 12.6. The fourth-order valence-electron chi connectivity index (χ4n) is 2.39. The lowest BCUT2D eigenvalue weighted by Gasteiger charge is -2.09. The average Bonchev–Trinajstić information content (AvgIpc) is 2.71. The van der Waals surface area contributed by atoms with E-state index in [1.54, 1.807) is 12.1 Å². The van der Waals surface area contributed by atoms with Gasteiger partial charge in [-0.2, -0.15) is 5.10 Å². The number of phenols is 1. The molecule has 0 saturated heterocycles. The van der Waals surface area contributed by atoms with Crippen molar-refractivity contribution in [3.63, 3.8) is 0 Å². The second-order valence-corrected chi connectivity index (χ2v) is 8.13. The average molecular weight is 447 g/mol. The number of sulfonamides is 1. The molecule has 0 aliphatic rings. The van der Waals surface area contributed by atoms with E-state index in [0.717, 1.165) is 6.07 Å². The van der Waals surface area contributed by atoms with Gasteiger partial charge in [-0.15, -0.1) is 0 Å². The number of halogens is 1. The molecular formula is C19H15ClN4O5S. The van der Waals surface area contributed by atoms with Gasteiger partial charge >= 0.3 is 0 Å². The van der Waals surface area contributed by atoms with Crippen LogP contribution in [0.1, 0.15) is 5.56 Å². The molecule has 0 aliphatic heterocycles. The molecule has 11 heteroatoms. The third-order valence-electron chi connectivity index (χ3n) is 3.86. The molecule has 0 amide bonds. The summed E-state index contributed by atoms with van der Waals surface area (Å²) in [6.07, 6.45) is 1.40. The first kappa shape index (κ1) is 21.1. The Morgan fingerprint density at radius 3 is 2.33 bits per heavy atom. The lowest BCUT2D eigenvalue weighted by atomic mass is 10.2. The molecule has 0 spiro atoms. The second kappa shape index (κ2) is 8.80. The maximum Gasteiger partial charge on any atom is 0.295 e. The van der Waals surface area contributed by atoms with Crippen LogP contribution >= 0.6 is 11.6 Å². The molecule has 30 heavy (non-hydrogen) atoms. The van der Waals surface area contributed by atoms with E-state index in [1.165, 1.54) is 54.7 Å². The van der Waals surface area contributed by atoms with Gasteiger partial charge in [-0.25, -0.2) is 8.42 Å². The van der Waals surface area contributed by atoms with Gasteiger partial charge in [-0.3, -0.25) is 20.3 Å². The van der Waals surface area contributed by atoms with Gasteiger partial charge in [0.25, 0.3) is 15.7 Å². The molecule has 3 aromatic carbocycles. The quantitative estimate of drug-likeness (QED) is 0.283. The summed E-state index contributed by atoms with van der Waals surface area (Å²) in [5, 5.41) is 25.0. The van der Waals surface area contributed by atoms with Crippen molar-refractivity contribution in [1.82, 2.24) is 0 Å². The number of rotatable bonds is 7. The lowest BCUT2D eigenvalue weighted by Crippen LogP contribution is -2.13. The van der Waals surface area contributed by atoms with Crippen molar-refractivity contribution in [2.45, 2.75) is 4.90 Å². The normalized spacial score (nSPS) is 11.4. The zero-order valence-corrected chi connectivity index (χ0v) is 16.8. The summed E-state index contributed by atoms with van der Waals surface area (Å²) < 4.78 is 27.5. The minimum Gasteiger partial charge on any atom is -0.508 e. The Morgan fingerprint density at radius 1 is 1.03 bits per heavy atom. The van der Waals surface area contributed by atoms with Crippen LogP contribution in [0.2, 0.25) is 5.02 Å². The molecule has 0 fully saturated rings. The molecule has 3 rings (SSSR count). The lowest BCUT2D eigenvalue weighted by molar-refractivity contribution is -0.384. The Labute approximate surface area is 176 Å². The van der Waals surface area contributed by atoms with Crippen LogP contribution in [0.15, 0.2) is 76.7 Å². The molecule has 0 heterocycles. The Kier molecular flexibility index (Phi) is 6.19. The number of hydrazone groups is 1. The van der Waals surface area contributed by atoms with Crippen molar-refractivity contribution in [1.29, 1.82) is 0 Å². The van der Waals surface area contributed by atoms with Crippen LogP contribution in [0, 0.1) is 10.1 Å². The number of anilines is 2. The van der Waals surface area contributed by atoms with E-state index in [4.69, 9.17) is 11.6 Å². The SMILES string of the molecule is O=[N+]([O-])c1cc(S(=O)(=O)Nc2ccc(Cl)cc2)ccc1N/N=C\c1ccc(O)cc1. The van der Waals surface area contributed by atoms with Crippen LogP contribution in [-0.2, 0) is 10.0 Å². The highest BCUT2D eigenvalue weighted by molar-refractivity contribution is 7.92. The minimum absolute atomic E-state index is 0.0143. The first-order valence-corrected chi connectivity index (χ1v) is 10.3. The van der Waals surface area contributed by atoms with Crippen molar-refractivity contribution in [2.75, 3.05) is 10.1 Å². The molecular weight excluding hydrogens is 432 g/mol. The molecule has 9 nitrogen and oxygen atoms in total. The smallest absolute Gasteiger partial charge is 0.295 e. The number of hydrogen-bond donors (Lipinski definition) is 3. The molecule has 0 aliphatic carbocycles. The van der Waals surface area contributed by atoms with Crippen LogP contribution in [0.4, 0.5) is 17.1 Å². The van der Waals surface area contributed by atoms with Gasteiger partial charge in [0.1, 0.15) is 11.4 Å². The summed E-state index contributed by atoms with van der Waals surface area (Å²) >= 11 is 5.78. The summed E-state index contributed by atoms with van der Waals surface area (Å²) in [6, 6.07) is 15.5. The number of nitro groups is 1. The van der Waals surface area contributed by atoms with Crippen LogP contribution in [0.25, 0.3) is 0 Å². The van der Waals surface area contributed by atoms with Crippen LogP contribution in [0.3, 0.4) is 0 Å². The number of hydrogen-bond acceptors (Lipinski definition) is 7. The molecule has 0 bridgehead atoms. The third kappa shape index (κ3) is 5.25. The largest absolute Gasteiger partial charge is 0.508 e. The van der Waals surface area contributed by atoms with Gasteiger partial charge in [0.2, 0.25) is 0 Å². The Hall–Kier alpha value is -3.63. The van der Waals surface area contributed by atoms with Gasteiger partial charge in [-0.1, -0.05) is 11.6 Å². The number of phenolic OH excluding ortho intramolecular Hbond substituents is 1. The zero-order valence-electron chi connectivity index (χ0n) is 15.2. The molecule has 0 atom stereocenters. The van der Waals surface area contributed by atoms with Gasteiger partial charge < -0.3 is 5.11 Å². The second-order valence-electron chi connectivity index (χ2n) is 6.01. The van der Waals surface area contributed by atoms with Gasteiger partial charge in [0.05, 0.1) is 16.0 Å². The number of benzene rings is 3. The summed E-state index contributed by atoms with van der Waals surface area (Å²) in [5.74, 6) is 0.0970. The van der Waals surface area contributed by atoms with E-state index in [-0.39, 0.29) is 22.0 Å². The highest BCUT2D eigenvalue weighted by Gasteiger charge is 2.21. The number of nitrogens with one attached hydrogen (secondary N) is 2. The van der Waals surface area contributed by atoms with Crippen LogP contribution in [-0.4, -0.2) is 24.7 Å². The molecule has 3 N–H and O–H groups in total. The topological polar surface area (TPSA) is 134 Å². The van der Waals surface area contributed by atoms with Gasteiger partial charge in [0, 0.05) is 16.8 Å². The highest BCUT2D eigenvalue weighted by Crippen LogP contribution is 2.28. The number of nitrogens with zero attached hydrogens (tertiary/aromatic N) is 2. The van der Waals surface area contributed by atoms with Crippen molar-refractivity contribution < 1.29 is 18.4 Å². The number of aromatic hydroxyl groups is 1.